The maximum Gasteiger partial charge on any atom is 0.291 e. The fraction of sp³-hybridized carbons (Fsp3) is 0.167. The third-order valence-electron chi connectivity index (χ3n) is 3.85. The van der Waals surface area contributed by atoms with Gasteiger partial charge in [0.15, 0.2) is 17.2 Å². The first-order valence-corrected chi connectivity index (χ1v) is 7.63. The predicted octanol–water partition coefficient (Wildman–Crippen LogP) is 5.10. The van der Waals surface area contributed by atoms with E-state index in [1.165, 1.54) is 13.2 Å². The molecular formula is C18H15ClFNO3. The molecule has 1 N–H and O–H groups in total. The van der Waals surface area contributed by atoms with Gasteiger partial charge >= 0.3 is 0 Å². The SMILES string of the molecule is COc1cc(Cl)c(C)cc1NC(=O)c1oc2c(F)cccc2c1C. The van der Waals surface area contributed by atoms with E-state index in [0.717, 1.165) is 5.56 Å². The molecule has 1 amide bonds. The van der Waals surface area contributed by atoms with Gasteiger partial charge in [-0.25, -0.2) is 4.39 Å². The quantitative estimate of drug-likeness (QED) is 0.716. The van der Waals surface area contributed by atoms with Crippen molar-refractivity contribution in [1.29, 1.82) is 0 Å². The van der Waals surface area contributed by atoms with Crippen LogP contribution in [0.3, 0.4) is 0 Å². The number of carbonyl (C=O) groups is 1. The number of hydrogen-bond acceptors (Lipinski definition) is 3. The average molecular weight is 348 g/mol. The van der Waals surface area contributed by atoms with Crippen LogP contribution in [0.15, 0.2) is 34.7 Å². The summed E-state index contributed by atoms with van der Waals surface area (Å²) in [7, 11) is 1.48. The van der Waals surface area contributed by atoms with Crippen molar-refractivity contribution in [1.82, 2.24) is 0 Å². The molecule has 3 rings (SSSR count). The van der Waals surface area contributed by atoms with Crippen LogP contribution in [0.1, 0.15) is 21.7 Å². The van der Waals surface area contributed by atoms with Gasteiger partial charge in [0.2, 0.25) is 0 Å². The number of furan rings is 1. The first-order chi connectivity index (χ1) is 11.4. The van der Waals surface area contributed by atoms with Gasteiger partial charge in [-0.3, -0.25) is 4.79 Å². The molecule has 0 spiro atoms. The summed E-state index contributed by atoms with van der Waals surface area (Å²) in [6.45, 7) is 3.53. The summed E-state index contributed by atoms with van der Waals surface area (Å²) in [6.07, 6.45) is 0. The zero-order valence-corrected chi connectivity index (χ0v) is 14.1. The van der Waals surface area contributed by atoms with E-state index in [0.29, 0.717) is 27.4 Å². The Balaban J connectivity index is 2.01. The summed E-state index contributed by atoms with van der Waals surface area (Å²) < 4.78 is 24.5. The van der Waals surface area contributed by atoms with E-state index in [1.807, 2.05) is 6.92 Å². The second-order valence-corrected chi connectivity index (χ2v) is 5.84. The Morgan fingerprint density at radius 1 is 1.29 bits per heavy atom. The number of fused-ring (bicyclic) bond motifs is 1. The molecule has 4 nitrogen and oxygen atoms in total. The third kappa shape index (κ3) is 2.71. The first-order valence-electron chi connectivity index (χ1n) is 7.25. The van der Waals surface area contributed by atoms with Gasteiger partial charge in [-0.15, -0.1) is 0 Å². The number of carbonyl (C=O) groups excluding carboxylic acids is 1. The predicted molar refractivity (Wildman–Crippen MR) is 91.6 cm³/mol. The van der Waals surface area contributed by atoms with Crippen LogP contribution in [-0.4, -0.2) is 13.0 Å². The van der Waals surface area contributed by atoms with Crippen LogP contribution < -0.4 is 10.1 Å². The highest BCUT2D eigenvalue weighted by molar-refractivity contribution is 6.31. The van der Waals surface area contributed by atoms with Gasteiger partial charge in [0.1, 0.15) is 5.75 Å². The minimum atomic E-state index is -0.505. The lowest BCUT2D eigenvalue weighted by Gasteiger charge is -2.11. The molecule has 0 radical (unpaired) electrons. The average Bonchev–Trinajstić information content (AvgIpc) is 2.89. The molecule has 0 bridgehead atoms. The number of anilines is 1. The first kappa shape index (κ1) is 16.3. The van der Waals surface area contributed by atoms with E-state index in [4.69, 9.17) is 20.8 Å². The molecule has 3 aromatic rings. The number of hydrogen-bond donors (Lipinski definition) is 1. The van der Waals surface area contributed by atoms with Crippen molar-refractivity contribution in [2.75, 3.05) is 12.4 Å². The number of para-hydroxylation sites is 1. The number of aryl methyl sites for hydroxylation is 2. The molecule has 0 aliphatic carbocycles. The Hall–Kier alpha value is -2.53. The lowest BCUT2D eigenvalue weighted by molar-refractivity contribution is 0.0997. The van der Waals surface area contributed by atoms with Crippen LogP contribution >= 0.6 is 11.6 Å². The summed E-state index contributed by atoms with van der Waals surface area (Å²) in [4.78, 5) is 12.6. The molecule has 0 saturated heterocycles. The summed E-state index contributed by atoms with van der Waals surface area (Å²) >= 11 is 6.06. The van der Waals surface area contributed by atoms with E-state index < -0.39 is 11.7 Å². The van der Waals surface area contributed by atoms with Gasteiger partial charge in [0.25, 0.3) is 5.91 Å². The largest absolute Gasteiger partial charge is 0.495 e. The summed E-state index contributed by atoms with van der Waals surface area (Å²) in [5.41, 5.74) is 1.90. The summed E-state index contributed by atoms with van der Waals surface area (Å²) in [6, 6.07) is 7.91. The highest BCUT2D eigenvalue weighted by Crippen LogP contribution is 2.32. The summed E-state index contributed by atoms with van der Waals surface area (Å²) in [5.74, 6) is -0.499. The van der Waals surface area contributed by atoms with Gasteiger partial charge in [-0.05, 0) is 31.5 Å². The number of methoxy groups -OCH3 is 1. The van der Waals surface area contributed by atoms with Crippen molar-refractivity contribution >= 4 is 34.2 Å². The van der Waals surface area contributed by atoms with E-state index in [9.17, 15) is 9.18 Å². The van der Waals surface area contributed by atoms with Crippen LogP contribution in [-0.2, 0) is 0 Å². The Kier molecular flexibility index (Phi) is 4.20. The molecule has 1 heterocycles. The van der Waals surface area contributed by atoms with Crippen LogP contribution in [0, 0.1) is 19.7 Å². The Labute approximate surface area is 143 Å². The minimum Gasteiger partial charge on any atom is -0.495 e. The molecule has 0 fully saturated rings. The van der Waals surface area contributed by atoms with Gasteiger partial charge in [-0.1, -0.05) is 23.7 Å². The molecule has 24 heavy (non-hydrogen) atoms. The number of rotatable bonds is 3. The fourth-order valence-corrected chi connectivity index (χ4v) is 2.69. The molecular weight excluding hydrogens is 333 g/mol. The Morgan fingerprint density at radius 2 is 2.04 bits per heavy atom. The maximum absolute atomic E-state index is 13.8. The molecule has 0 aliphatic heterocycles. The van der Waals surface area contributed by atoms with Crippen molar-refractivity contribution in [3.63, 3.8) is 0 Å². The number of halogens is 2. The Morgan fingerprint density at radius 3 is 2.71 bits per heavy atom. The monoisotopic (exact) mass is 347 g/mol. The molecule has 6 heteroatoms. The topological polar surface area (TPSA) is 51.5 Å². The normalized spacial score (nSPS) is 10.9. The smallest absolute Gasteiger partial charge is 0.291 e. The molecule has 1 aromatic heterocycles. The lowest BCUT2D eigenvalue weighted by atomic mass is 10.1. The molecule has 2 aromatic carbocycles. The number of ether oxygens (including phenoxy) is 1. The van der Waals surface area contributed by atoms with Crippen LogP contribution in [0.4, 0.5) is 10.1 Å². The van der Waals surface area contributed by atoms with E-state index in [2.05, 4.69) is 5.32 Å². The van der Waals surface area contributed by atoms with Crippen molar-refractivity contribution in [3.05, 3.63) is 58.1 Å². The van der Waals surface area contributed by atoms with Crippen molar-refractivity contribution in [2.45, 2.75) is 13.8 Å². The number of benzene rings is 2. The second kappa shape index (κ2) is 6.17. The highest BCUT2D eigenvalue weighted by atomic mass is 35.5. The molecule has 124 valence electrons. The zero-order chi connectivity index (χ0) is 17.4. The fourth-order valence-electron chi connectivity index (χ4n) is 2.53. The molecule has 0 aliphatic rings. The second-order valence-electron chi connectivity index (χ2n) is 5.43. The molecule has 0 saturated carbocycles. The minimum absolute atomic E-state index is 0.0600. The van der Waals surface area contributed by atoms with E-state index in [-0.39, 0.29) is 11.3 Å². The van der Waals surface area contributed by atoms with Gasteiger partial charge < -0.3 is 14.5 Å². The van der Waals surface area contributed by atoms with Crippen LogP contribution in [0.25, 0.3) is 11.0 Å². The van der Waals surface area contributed by atoms with E-state index >= 15 is 0 Å². The van der Waals surface area contributed by atoms with Gasteiger partial charge in [-0.2, -0.15) is 0 Å². The summed E-state index contributed by atoms with van der Waals surface area (Å²) in [5, 5.41) is 3.83. The van der Waals surface area contributed by atoms with Gasteiger partial charge in [0, 0.05) is 22.0 Å². The van der Waals surface area contributed by atoms with Crippen molar-refractivity contribution < 1.29 is 18.3 Å². The zero-order valence-electron chi connectivity index (χ0n) is 13.4. The number of nitrogens with one attached hydrogen (secondary N) is 1. The highest BCUT2D eigenvalue weighted by Gasteiger charge is 2.21. The Bertz CT molecular complexity index is 949. The standard InChI is InChI=1S/C18H15ClFNO3/c1-9-7-14(15(23-3)8-12(9)19)21-18(22)16-10(2)11-5-4-6-13(20)17(11)24-16/h4-8H,1-3H3,(H,21,22). The van der Waals surface area contributed by atoms with Crippen molar-refractivity contribution in [2.24, 2.45) is 0 Å². The third-order valence-corrected chi connectivity index (χ3v) is 4.26. The van der Waals surface area contributed by atoms with Crippen LogP contribution in [0.5, 0.6) is 5.75 Å². The van der Waals surface area contributed by atoms with E-state index in [1.54, 1.807) is 31.2 Å². The molecule has 0 unspecified atom stereocenters. The maximum atomic E-state index is 13.8. The van der Waals surface area contributed by atoms with Crippen molar-refractivity contribution in [3.8, 4) is 5.75 Å². The van der Waals surface area contributed by atoms with Gasteiger partial charge in [0.05, 0.1) is 12.8 Å². The number of amides is 1. The van der Waals surface area contributed by atoms with Crippen LogP contribution in [0.2, 0.25) is 5.02 Å². The lowest BCUT2D eigenvalue weighted by Crippen LogP contribution is -2.13. The molecule has 0 atom stereocenters.